The van der Waals surface area contributed by atoms with Crippen LogP contribution in [0.3, 0.4) is 0 Å². The molecule has 1 atom stereocenters. The highest BCUT2D eigenvalue weighted by atomic mass is 16.5. The zero-order valence-corrected chi connectivity index (χ0v) is 18.1. The van der Waals surface area contributed by atoms with E-state index in [2.05, 4.69) is 10.4 Å². The lowest BCUT2D eigenvalue weighted by molar-refractivity contribution is -0.126. The van der Waals surface area contributed by atoms with Crippen LogP contribution < -0.4 is 19.7 Å². The molecule has 162 valence electrons. The second kappa shape index (κ2) is 9.65. The van der Waals surface area contributed by atoms with E-state index in [-0.39, 0.29) is 11.8 Å². The monoisotopic (exact) mass is 414 g/mol. The summed E-state index contributed by atoms with van der Waals surface area (Å²) in [4.78, 5) is 26.7. The number of hydrogen-bond donors (Lipinski definition) is 1. The van der Waals surface area contributed by atoms with E-state index in [1.807, 2.05) is 45.0 Å². The van der Waals surface area contributed by atoms with Crippen molar-refractivity contribution in [1.82, 2.24) is 15.1 Å². The lowest BCUT2D eigenvalue weighted by atomic mass is 10.1. The molecular formula is C22H30N4O4. The molecule has 1 aliphatic heterocycles. The summed E-state index contributed by atoms with van der Waals surface area (Å²) in [6.07, 6.45) is 0.994. The Morgan fingerprint density at radius 2 is 1.93 bits per heavy atom. The average Bonchev–Trinajstić information content (AvgIpc) is 3.09. The summed E-state index contributed by atoms with van der Waals surface area (Å²) >= 11 is 0. The van der Waals surface area contributed by atoms with Gasteiger partial charge in [-0.05, 0) is 51.8 Å². The van der Waals surface area contributed by atoms with Crippen molar-refractivity contribution in [2.75, 3.05) is 24.7 Å². The Kier molecular flexibility index (Phi) is 6.97. The van der Waals surface area contributed by atoms with Crippen LogP contribution in [0.5, 0.6) is 11.5 Å². The molecule has 8 heteroatoms. The molecular weight excluding hydrogens is 384 g/mol. The number of benzene rings is 1. The summed E-state index contributed by atoms with van der Waals surface area (Å²) in [5, 5.41) is 7.34. The van der Waals surface area contributed by atoms with Gasteiger partial charge in [0.05, 0.1) is 25.5 Å². The zero-order valence-electron chi connectivity index (χ0n) is 18.1. The first-order valence-electron chi connectivity index (χ1n) is 10.5. The second-order valence-electron chi connectivity index (χ2n) is 7.24. The number of fused-ring (bicyclic) bond motifs is 1. The van der Waals surface area contributed by atoms with Crippen molar-refractivity contribution >= 4 is 17.6 Å². The van der Waals surface area contributed by atoms with Crippen LogP contribution in [0, 0.1) is 6.92 Å². The highest BCUT2D eigenvalue weighted by Crippen LogP contribution is 2.29. The van der Waals surface area contributed by atoms with Crippen molar-refractivity contribution in [3.8, 4) is 11.5 Å². The van der Waals surface area contributed by atoms with Crippen LogP contribution in [-0.4, -0.2) is 47.4 Å². The molecule has 0 saturated carbocycles. The second-order valence-corrected chi connectivity index (χ2v) is 7.24. The summed E-state index contributed by atoms with van der Waals surface area (Å²) in [6.45, 7) is 9.62. The van der Waals surface area contributed by atoms with E-state index < -0.39 is 6.04 Å². The third-order valence-corrected chi connectivity index (χ3v) is 5.02. The number of nitrogens with zero attached hydrogens (tertiary/aromatic N) is 3. The topological polar surface area (TPSA) is 85.7 Å². The van der Waals surface area contributed by atoms with Crippen molar-refractivity contribution in [1.29, 1.82) is 0 Å². The molecule has 1 aromatic heterocycles. The summed E-state index contributed by atoms with van der Waals surface area (Å²) in [7, 11) is 0. The number of carbonyl (C=O) groups is 2. The van der Waals surface area contributed by atoms with Gasteiger partial charge in [-0.15, -0.1) is 0 Å². The molecule has 2 amide bonds. The molecule has 1 aromatic carbocycles. The number of nitrogens with one attached hydrogen (secondary N) is 1. The van der Waals surface area contributed by atoms with Gasteiger partial charge < -0.3 is 14.8 Å². The Morgan fingerprint density at radius 3 is 2.67 bits per heavy atom. The predicted octanol–water partition coefficient (Wildman–Crippen LogP) is 2.47. The maximum absolute atomic E-state index is 12.7. The highest BCUT2D eigenvalue weighted by Gasteiger charge is 2.32. The van der Waals surface area contributed by atoms with Gasteiger partial charge in [-0.25, -0.2) is 4.68 Å². The summed E-state index contributed by atoms with van der Waals surface area (Å²) in [6, 6.07) is 7.05. The molecule has 1 aliphatic rings. The molecule has 0 saturated heterocycles. The van der Waals surface area contributed by atoms with Crippen molar-refractivity contribution in [2.45, 2.75) is 53.1 Å². The Bertz CT molecular complexity index is 909. The number of rotatable bonds is 9. The lowest BCUT2D eigenvalue weighted by Crippen LogP contribution is -2.51. The Hall–Kier alpha value is -3.03. The van der Waals surface area contributed by atoms with Gasteiger partial charge >= 0.3 is 0 Å². The fourth-order valence-corrected chi connectivity index (χ4v) is 3.60. The minimum Gasteiger partial charge on any atom is -0.490 e. The summed E-state index contributed by atoms with van der Waals surface area (Å²) in [5.74, 6) is 1.86. The van der Waals surface area contributed by atoms with E-state index in [0.717, 1.165) is 17.0 Å². The van der Waals surface area contributed by atoms with Gasteiger partial charge in [0.15, 0.2) is 11.5 Å². The lowest BCUT2D eigenvalue weighted by Gasteiger charge is -2.31. The largest absolute Gasteiger partial charge is 0.490 e. The van der Waals surface area contributed by atoms with Crippen LogP contribution in [0.1, 0.15) is 38.4 Å². The zero-order chi connectivity index (χ0) is 21.7. The van der Waals surface area contributed by atoms with E-state index in [1.54, 1.807) is 16.5 Å². The Morgan fingerprint density at radius 1 is 1.20 bits per heavy atom. The van der Waals surface area contributed by atoms with E-state index in [0.29, 0.717) is 50.7 Å². The predicted molar refractivity (Wildman–Crippen MR) is 114 cm³/mol. The van der Waals surface area contributed by atoms with Crippen LogP contribution in [0.2, 0.25) is 0 Å². The first kappa shape index (κ1) is 21.7. The van der Waals surface area contributed by atoms with E-state index >= 15 is 0 Å². The number of amides is 2. The number of ether oxygens (including phenoxy) is 2. The van der Waals surface area contributed by atoms with Crippen molar-refractivity contribution in [3.63, 3.8) is 0 Å². The molecule has 30 heavy (non-hydrogen) atoms. The van der Waals surface area contributed by atoms with Crippen molar-refractivity contribution in [3.05, 3.63) is 35.5 Å². The van der Waals surface area contributed by atoms with Crippen molar-refractivity contribution < 1.29 is 19.1 Å². The van der Waals surface area contributed by atoms with Crippen LogP contribution in [0.4, 0.5) is 5.82 Å². The van der Waals surface area contributed by atoms with Gasteiger partial charge in [-0.3, -0.25) is 14.5 Å². The van der Waals surface area contributed by atoms with Gasteiger partial charge in [0.2, 0.25) is 11.8 Å². The Labute approximate surface area is 177 Å². The van der Waals surface area contributed by atoms with Gasteiger partial charge in [0.25, 0.3) is 0 Å². The van der Waals surface area contributed by atoms with Crippen LogP contribution in [0.25, 0.3) is 0 Å². The van der Waals surface area contributed by atoms with E-state index in [4.69, 9.17) is 9.47 Å². The fourth-order valence-electron chi connectivity index (χ4n) is 3.60. The normalized spacial score (nSPS) is 14.3. The molecule has 2 aromatic rings. The van der Waals surface area contributed by atoms with Gasteiger partial charge in [0.1, 0.15) is 11.9 Å². The summed E-state index contributed by atoms with van der Waals surface area (Å²) < 4.78 is 13.0. The molecule has 0 aliphatic carbocycles. The first-order chi connectivity index (χ1) is 14.4. The molecule has 0 spiro atoms. The SMILES string of the molecule is CCOc1ccc(CCNC(=O)[C@H](C)N2C(=O)CCn3nc(C)cc32)cc1OCC. The first-order valence-corrected chi connectivity index (χ1v) is 10.5. The maximum Gasteiger partial charge on any atom is 0.242 e. The number of aromatic nitrogens is 2. The van der Waals surface area contributed by atoms with Gasteiger partial charge in [-0.1, -0.05) is 6.07 Å². The van der Waals surface area contributed by atoms with Crippen LogP contribution in [0.15, 0.2) is 24.3 Å². The Balaban J connectivity index is 1.61. The molecule has 0 radical (unpaired) electrons. The summed E-state index contributed by atoms with van der Waals surface area (Å²) in [5.41, 5.74) is 1.87. The fraction of sp³-hybridized carbons (Fsp3) is 0.500. The standard InChI is InChI=1S/C22H30N4O4/c1-5-29-18-8-7-17(14-19(18)30-6-2)9-11-23-22(28)16(4)26-20-13-15(3)24-25(20)12-10-21(26)27/h7-8,13-14,16H,5-6,9-12H2,1-4H3,(H,23,28)/t16-/m0/s1. The number of carbonyl (C=O) groups excluding carboxylic acids is 2. The third-order valence-electron chi connectivity index (χ3n) is 5.02. The third kappa shape index (κ3) is 4.75. The van der Waals surface area contributed by atoms with Gasteiger partial charge in [-0.2, -0.15) is 5.10 Å². The van der Waals surface area contributed by atoms with Crippen molar-refractivity contribution in [2.24, 2.45) is 0 Å². The quantitative estimate of drug-likeness (QED) is 0.681. The van der Waals surface area contributed by atoms with E-state index in [1.165, 1.54) is 0 Å². The molecule has 0 fully saturated rings. The number of aryl methyl sites for hydroxylation is 2. The molecule has 3 rings (SSSR count). The minimum absolute atomic E-state index is 0.0575. The molecule has 1 N–H and O–H groups in total. The minimum atomic E-state index is -0.605. The molecule has 8 nitrogen and oxygen atoms in total. The molecule has 0 unspecified atom stereocenters. The smallest absolute Gasteiger partial charge is 0.242 e. The van der Waals surface area contributed by atoms with Crippen LogP contribution >= 0.6 is 0 Å². The van der Waals surface area contributed by atoms with Crippen LogP contribution in [-0.2, 0) is 22.6 Å². The molecule has 2 heterocycles. The van der Waals surface area contributed by atoms with Gasteiger partial charge in [0, 0.05) is 19.0 Å². The number of hydrogen-bond acceptors (Lipinski definition) is 5. The highest BCUT2D eigenvalue weighted by molar-refractivity contribution is 6.00. The van der Waals surface area contributed by atoms with E-state index in [9.17, 15) is 9.59 Å². The maximum atomic E-state index is 12.7. The number of anilines is 1. The average molecular weight is 415 g/mol. The molecule has 0 bridgehead atoms.